The highest BCUT2D eigenvalue weighted by atomic mass is 19.1. The fraction of sp³-hybridized carbons (Fsp3) is 0.0714. The molecule has 2 N–H and O–H groups in total. The second-order valence-corrected chi connectivity index (χ2v) is 4.28. The summed E-state index contributed by atoms with van der Waals surface area (Å²) in [7, 11) is 0. The topological polar surface area (TPSA) is 92.5 Å². The number of benzene rings is 2. The van der Waals surface area contributed by atoms with E-state index in [9.17, 15) is 19.3 Å². The van der Waals surface area contributed by atoms with Crippen molar-refractivity contribution in [3.63, 3.8) is 0 Å². The molecule has 0 unspecified atom stereocenters. The van der Waals surface area contributed by atoms with Crippen LogP contribution < -0.4 is 5.32 Å². The lowest BCUT2D eigenvalue weighted by Gasteiger charge is -2.08. The third-order valence-electron chi connectivity index (χ3n) is 2.81. The lowest BCUT2D eigenvalue weighted by Crippen LogP contribution is -2.04. The normalized spacial score (nSPS) is 10.1. The minimum Gasteiger partial charge on any atom is -0.478 e. The molecule has 0 radical (unpaired) electrons. The number of hydrogen-bond acceptors (Lipinski definition) is 4. The fourth-order valence-corrected chi connectivity index (χ4v) is 1.82. The smallest absolute Gasteiger partial charge is 0.335 e. The molecule has 0 spiro atoms. The summed E-state index contributed by atoms with van der Waals surface area (Å²) in [6, 6.07) is 9.40. The molecule has 0 aromatic heterocycles. The van der Waals surface area contributed by atoms with Crippen molar-refractivity contribution in [3.05, 3.63) is 69.5 Å². The lowest BCUT2D eigenvalue weighted by atomic mass is 10.1. The summed E-state index contributed by atoms with van der Waals surface area (Å²) in [4.78, 5) is 21.0. The molecule has 0 saturated heterocycles. The molecule has 0 atom stereocenters. The van der Waals surface area contributed by atoms with Gasteiger partial charge in [-0.3, -0.25) is 10.1 Å². The molecule has 0 amide bonds. The molecule has 0 aliphatic carbocycles. The second-order valence-electron chi connectivity index (χ2n) is 4.28. The summed E-state index contributed by atoms with van der Waals surface area (Å²) in [5.41, 5.74) is 0.572. The number of carboxylic acids is 1. The second kappa shape index (κ2) is 6.00. The third kappa shape index (κ3) is 3.53. The largest absolute Gasteiger partial charge is 0.478 e. The summed E-state index contributed by atoms with van der Waals surface area (Å²) in [5.74, 6) is -1.75. The monoisotopic (exact) mass is 290 g/mol. The number of aromatic carboxylic acids is 1. The SMILES string of the molecule is O=C(O)c1cccc(CNc2ccc(F)cc2[N+](=O)[O-])c1. The van der Waals surface area contributed by atoms with E-state index in [0.717, 1.165) is 12.1 Å². The molecule has 0 bridgehead atoms. The zero-order chi connectivity index (χ0) is 15.4. The Morgan fingerprint density at radius 1 is 1.29 bits per heavy atom. The van der Waals surface area contributed by atoms with Crippen molar-refractivity contribution in [3.8, 4) is 0 Å². The van der Waals surface area contributed by atoms with Gasteiger partial charge in [0.25, 0.3) is 5.69 Å². The van der Waals surface area contributed by atoms with Crippen LogP contribution in [0.25, 0.3) is 0 Å². The maximum atomic E-state index is 13.0. The first-order valence-corrected chi connectivity index (χ1v) is 5.97. The number of carboxylic acid groups (broad SMARTS) is 1. The van der Waals surface area contributed by atoms with Crippen LogP contribution in [0.2, 0.25) is 0 Å². The Morgan fingerprint density at radius 3 is 2.71 bits per heavy atom. The summed E-state index contributed by atoms with van der Waals surface area (Å²) in [6.07, 6.45) is 0. The molecule has 0 heterocycles. The van der Waals surface area contributed by atoms with Gasteiger partial charge in [-0.25, -0.2) is 9.18 Å². The van der Waals surface area contributed by atoms with E-state index < -0.39 is 16.7 Å². The Balaban J connectivity index is 2.18. The summed E-state index contributed by atoms with van der Waals surface area (Å²) >= 11 is 0. The minimum atomic E-state index is -1.05. The number of halogens is 1. The molecule has 0 fully saturated rings. The number of nitro benzene ring substituents is 1. The van der Waals surface area contributed by atoms with Gasteiger partial charge in [-0.15, -0.1) is 0 Å². The molecule has 108 valence electrons. The molecule has 0 saturated carbocycles. The highest BCUT2D eigenvalue weighted by Crippen LogP contribution is 2.25. The first-order chi connectivity index (χ1) is 9.97. The molecule has 6 nitrogen and oxygen atoms in total. The van der Waals surface area contributed by atoms with Gasteiger partial charge in [-0.2, -0.15) is 0 Å². The number of nitro groups is 1. The summed E-state index contributed by atoms with van der Waals surface area (Å²) < 4.78 is 13.0. The van der Waals surface area contributed by atoms with Crippen LogP contribution in [0.15, 0.2) is 42.5 Å². The van der Waals surface area contributed by atoms with Crippen LogP contribution in [0.5, 0.6) is 0 Å². The van der Waals surface area contributed by atoms with Crippen molar-refractivity contribution in [2.45, 2.75) is 6.54 Å². The Hall–Kier alpha value is -2.96. The van der Waals surface area contributed by atoms with E-state index in [1.165, 1.54) is 18.2 Å². The van der Waals surface area contributed by atoms with Gasteiger partial charge in [0.05, 0.1) is 16.6 Å². The highest BCUT2D eigenvalue weighted by molar-refractivity contribution is 5.87. The van der Waals surface area contributed by atoms with E-state index in [2.05, 4.69) is 5.32 Å². The zero-order valence-corrected chi connectivity index (χ0v) is 10.7. The van der Waals surface area contributed by atoms with Crippen LogP contribution in [0.3, 0.4) is 0 Å². The van der Waals surface area contributed by atoms with E-state index in [-0.39, 0.29) is 23.5 Å². The van der Waals surface area contributed by atoms with Gasteiger partial charge in [-0.05, 0) is 29.8 Å². The van der Waals surface area contributed by atoms with Gasteiger partial charge in [0.15, 0.2) is 0 Å². The van der Waals surface area contributed by atoms with E-state index in [4.69, 9.17) is 5.11 Å². The number of carbonyl (C=O) groups is 1. The zero-order valence-electron chi connectivity index (χ0n) is 10.7. The number of nitrogens with one attached hydrogen (secondary N) is 1. The van der Waals surface area contributed by atoms with Crippen molar-refractivity contribution in [1.82, 2.24) is 0 Å². The van der Waals surface area contributed by atoms with Crippen LogP contribution in [0.1, 0.15) is 15.9 Å². The summed E-state index contributed by atoms with van der Waals surface area (Å²) in [6.45, 7) is 0.188. The van der Waals surface area contributed by atoms with E-state index in [0.29, 0.717) is 5.56 Å². The number of anilines is 1. The Morgan fingerprint density at radius 2 is 2.05 bits per heavy atom. The van der Waals surface area contributed by atoms with Gasteiger partial charge in [-0.1, -0.05) is 12.1 Å². The molecule has 2 aromatic carbocycles. The van der Waals surface area contributed by atoms with Crippen molar-refractivity contribution >= 4 is 17.3 Å². The Labute approximate surface area is 119 Å². The molecule has 2 aromatic rings. The van der Waals surface area contributed by atoms with Crippen LogP contribution in [0, 0.1) is 15.9 Å². The van der Waals surface area contributed by atoms with Crippen LogP contribution in [-0.2, 0) is 6.54 Å². The first-order valence-electron chi connectivity index (χ1n) is 5.97. The number of nitrogens with zero attached hydrogens (tertiary/aromatic N) is 1. The van der Waals surface area contributed by atoms with Gasteiger partial charge >= 0.3 is 5.97 Å². The van der Waals surface area contributed by atoms with Crippen molar-refractivity contribution in [1.29, 1.82) is 0 Å². The van der Waals surface area contributed by atoms with E-state index in [1.54, 1.807) is 12.1 Å². The third-order valence-corrected chi connectivity index (χ3v) is 2.81. The van der Waals surface area contributed by atoms with Gasteiger partial charge in [0, 0.05) is 6.54 Å². The van der Waals surface area contributed by atoms with Gasteiger partial charge in [0.1, 0.15) is 11.5 Å². The molecule has 0 aliphatic rings. The quantitative estimate of drug-likeness (QED) is 0.652. The van der Waals surface area contributed by atoms with Crippen LogP contribution in [0.4, 0.5) is 15.8 Å². The predicted molar refractivity (Wildman–Crippen MR) is 73.8 cm³/mol. The minimum absolute atomic E-state index is 0.128. The fourth-order valence-electron chi connectivity index (χ4n) is 1.82. The van der Waals surface area contributed by atoms with E-state index in [1.807, 2.05) is 0 Å². The average molecular weight is 290 g/mol. The van der Waals surface area contributed by atoms with Crippen molar-refractivity contribution in [2.24, 2.45) is 0 Å². The predicted octanol–water partition coefficient (Wildman–Crippen LogP) is 3.04. The van der Waals surface area contributed by atoms with Gasteiger partial charge < -0.3 is 10.4 Å². The highest BCUT2D eigenvalue weighted by Gasteiger charge is 2.14. The average Bonchev–Trinajstić information content (AvgIpc) is 2.46. The van der Waals surface area contributed by atoms with Crippen LogP contribution in [-0.4, -0.2) is 16.0 Å². The first kappa shape index (κ1) is 14.4. The standard InChI is InChI=1S/C14H11FN2O4/c15-11-4-5-12(13(7-11)17(20)21)16-8-9-2-1-3-10(6-9)14(18)19/h1-7,16H,8H2,(H,18,19). The van der Waals surface area contributed by atoms with Gasteiger partial charge in [0.2, 0.25) is 0 Å². The number of rotatable bonds is 5. The maximum absolute atomic E-state index is 13.0. The number of hydrogen-bond donors (Lipinski definition) is 2. The summed E-state index contributed by atoms with van der Waals surface area (Å²) in [5, 5.41) is 22.5. The maximum Gasteiger partial charge on any atom is 0.335 e. The van der Waals surface area contributed by atoms with Crippen molar-refractivity contribution < 1.29 is 19.2 Å². The molecule has 2 rings (SSSR count). The van der Waals surface area contributed by atoms with Crippen molar-refractivity contribution in [2.75, 3.05) is 5.32 Å². The molecule has 21 heavy (non-hydrogen) atoms. The molecule has 0 aliphatic heterocycles. The Kier molecular flexibility index (Phi) is 4.13. The van der Waals surface area contributed by atoms with E-state index >= 15 is 0 Å². The molecule has 7 heteroatoms. The Bertz CT molecular complexity index is 703. The molecular formula is C14H11FN2O4. The molecular weight excluding hydrogens is 279 g/mol. The van der Waals surface area contributed by atoms with Crippen LogP contribution >= 0.6 is 0 Å². The lowest BCUT2D eigenvalue weighted by molar-refractivity contribution is -0.384.